The van der Waals surface area contributed by atoms with Crippen LogP contribution < -0.4 is 0 Å². The summed E-state index contributed by atoms with van der Waals surface area (Å²) in [5, 5.41) is 11.4. The van der Waals surface area contributed by atoms with E-state index < -0.39 is 0 Å². The first-order valence-electron chi connectivity index (χ1n) is 1.21. The van der Waals surface area contributed by atoms with Crippen molar-refractivity contribution in [2.24, 2.45) is 0 Å². The van der Waals surface area contributed by atoms with Gasteiger partial charge in [-0.2, -0.15) is 5.26 Å². The van der Waals surface area contributed by atoms with Gasteiger partial charge in [-0.3, -0.25) is 0 Å². The van der Waals surface area contributed by atoms with E-state index in [1.807, 2.05) is 5.40 Å². The van der Waals surface area contributed by atoms with Gasteiger partial charge >= 0.3 is 0 Å². The topological polar surface area (TPSA) is 23.8 Å². The fraction of sp³-hybridized carbons (Fsp3) is 0. The lowest BCUT2D eigenvalue weighted by Gasteiger charge is -1.61. The standard InChI is InChI=1S/C3H2BrNS/c4-1-2-6-3-5/h1-2H/b2-1-. The molecule has 0 amide bonds. The minimum Gasteiger partial charge on any atom is -0.185 e. The molecule has 0 aromatic carbocycles. The lowest BCUT2D eigenvalue weighted by Crippen LogP contribution is -1.31. The van der Waals surface area contributed by atoms with E-state index in [2.05, 4.69) is 15.9 Å². The molecule has 0 bridgehead atoms. The van der Waals surface area contributed by atoms with Gasteiger partial charge in [0.15, 0.2) is 0 Å². The van der Waals surface area contributed by atoms with Gasteiger partial charge in [0.2, 0.25) is 0 Å². The Balaban J connectivity index is 2.92. The molecule has 0 saturated heterocycles. The molecule has 0 N–H and O–H groups in total. The Morgan fingerprint density at radius 3 is 2.67 bits per heavy atom. The van der Waals surface area contributed by atoms with Crippen molar-refractivity contribution in [1.82, 2.24) is 0 Å². The van der Waals surface area contributed by atoms with Crippen molar-refractivity contribution in [2.45, 2.75) is 0 Å². The van der Waals surface area contributed by atoms with Crippen LogP contribution in [0.5, 0.6) is 0 Å². The molecule has 0 saturated carbocycles. The molecular weight excluding hydrogens is 162 g/mol. The number of halogens is 1. The van der Waals surface area contributed by atoms with Crippen LogP contribution in [0, 0.1) is 10.7 Å². The molecule has 0 rings (SSSR count). The van der Waals surface area contributed by atoms with Gasteiger partial charge in [-0.15, -0.1) is 0 Å². The van der Waals surface area contributed by atoms with E-state index in [4.69, 9.17) is 5.26 Å². The van der Waals surface area contributed by atoms with Crippen LogP contribution in [0.4, 0.5) is 0 Å². The van der Waals surface area contributed by atoms with Crippen molar-refractivity contribution in [3.05, 3.63) is 10.4 Å². The quantitative estimate of drug-likeness (QED) is 0.554. The third-order valence-corrected chi connectivity index (χ3v) is 1.16. The first-order chi connectivity index (χ1) is 2.91. The fourth-order valence-electron chi connectivity index (χ4n) is 0.0561. The Hall–Kier alpha value is 0.0600. The van der Waals surface area contributed by atoms with Crippen LogP contribution in [-0.4, -0.2) is 0 Å². The van der Waals surface area contributed by atoms with Gasteiger partial charge in [-0.25, -0.2) is 0 Å². The summed E-state index contributed by atoms with van der Waals surface area (Å²) in [6, 6.07) is 0. The maximum Gasteiger partial charge on any atom is 0.137 e. The second-order valence-corrected chi connectivity index (χ2v) is 1.69. The van der Waals surface area contributed by atoms with Crippen LogP contribution in [0.15, 0.2) is 10.4 Å². The first-order valence-corrected chi connectivity index (χ1v) is 3.01. The summed E-state index contributed by atoms with van der Waals surface area (Å²) >= 11 is 4.08. The van der Waals surface area contributed by atoms with E-state index in [1.165, 1.54) is 0 Å². The second-order valence-electron chi connectivity index (χ2n) is 0.471. The zero-order valence-electron chi connectivity index (χ0n) is 2.89. The van der Waals surface area contributed by atoms with Gasteiger partial charge in [0.1, 0.15) is 5.40 Å². The van der Waals surface area contributed by atoms with E-state index in [0.717, 1.165) is 11.8 Å². The van der Waals surface area contributed by atoms with Crippen LogP contribution in [0.2, 0.25) is 0 Å². The number of thiocyanates is 1. The summed E-state index contributed by atoms with van der Waals surface area (Å²) in [4.78, 5) is 1.64. The Morgan fingerprint density at radius 2 is 2.50 bits per heavy atom. The van der Waals surface area contributed by atoms with Gasteiger partial charge in [-0.05, 0) is 22.2 Å². The minimum absolute atomic E-state index is 1.09. The van der Waals surface area contributed by atoms with Gasteiger partial charge in [0.25, 0.3) is 0 Å². The van der Waals surface area contributed by atoms with E-state index >= 15 is 0 Å². The van der Waals surface area contributed by atoms with Gasteiger partial charge < -0.3 is 0 Å². The Bertz CT molecular complexity index is 83.3. The van der Waals surface area contributed by atoms with E-state index in [0.29, 0.717) is 0 Å². The highest BCUT2D eigenvalue weighted by atomic mass is 79.9. The summed E-state index contributed by atoms with van der Waals surface area (Å²) < 4.78 is 0. The molecule has 0 atom stereocenters. The monoisotopic (exact) mass is 163 g/mol. The number of hydrogen-bond donors (Lipinski definition) is 0. The third kappa shape index (κ3) is 4.06. The maximum atomic E-state index is 7.84. The van der Waals surface area contributed by atoms with Crippen LogP contribution in [0.1, 0.15) is 0 Å². The number of hydrogen-bond acceptors (Lipinski definition) is 2. The molecule has 0 aliphatic rings. The zero-order chi connectivity index (χ0) is 4.83. The summed E-state index contributed by atoms with van der Waals surface area (Å²) in [6.07, 6.45) is 0. The van der Waals surface area contributed by atoms with Crippen molar-refractivity contribution >= 4 is 27.7 Å². The molecule has 0 spiro atoms. The molecule has 0 radical (unpaired) electrons. The summed E-state index contributed by atoms with van der Waals surface area (Å²) in [7, 11) is 0. The number of nitriles is 1. The lowest BCUT2D eigenvalue weighted by atomic mass is 11.3. The molecule has 1 nitrogen and oxygen atoms in total. The highest BCUT2D eigenvalue weighted by Gasteiger charge is 1.62. The van der Waals surface area contributed by atoms with Gasteiger partial charge in [0, 0.05) is 0 Å². The van der Waals surface area contributed by atoms with Crippen molar-refractivity contribution in [3.8, 4) is 5.40 Å². The average Bonchev–Trinajstić information content (AvgIpc) is 1.61. The highest BCUT2D eigenvalue weighted by molar-refractivity contribution is 9.11. The molecule has 0 aromatic heterocycles. The summed E-state index contributed by atoms with van der Waals surface area (Å²) in [5.74, 6) is 0. The maximum absolute atomic E-state index is 7.84. The van der Waals surface area contributed by atoms with Gasteiger partial charge in [0.05, 0.1) is 0 Å². The molecule has 0 aromatic rings. The molecule has 0 heterocycles. The van der Waals surface area contributed by atoms with Crippen molar-refractivity contribution in [1.29, 1.82) is 5.26 Å². The molecule has 3 heteroatoms. The largest absolute Gasteiger partial charge is 0.185 e. The van der Waals surface area contributed by atoms with Crippen molar-refractivity contribution in [2.75, 3.05) is 0 Å². The second kappa shape index (κ2) is 5.06. The molecular formula is C3H2BrNS. The summed E-state index contributed by atoms with van der Waals surface area (Å²) in [6.45, 7) is 0. The predicted octanol–water partition coefficient (Wildman–Crippen LogP) is 2.07. The van der Waals surface area contributed by atoms with Crippen LogP contribution in [0.25, 0.3) is 0 Å². The highest BCUT2D eigenvalue weighted by Crippen LogP contribution is 1.98. The average molecular weight is 164 g/mol. The molecule has 6 heavy (non-hydrogen) atoms. The van der Waals surface area contributed by atoms with Gasteiger partial charge in [-0.1, -0.05) is 15.9 Å². The fourth-order valence-corrected chi connectivity index (χ4v) is 0.492. The normalized spacial score (nSPS) is 8.67. The number of thioether (sulfide) groups is 1. The number of nitrogens with zero attached hydrogens (tertiary/aromatic N) is 1. The Labute approximate surface area is 49.2 Å². The molecule has 0 aliphatic heterocycles. The number of rotatable bonds is 1. The molecule has 0 aliphatic carbocycles. The Kier molecular flexibility index (Phi) is 5.11. The van der Waals surface area contributed by atoms with Crippen molar-refractivity contribution in [3.63, 3.8) is 0 Å². The SMILES string of the molecule is N#CS/C=C\Br. The predicted molar refractivity (Wildman–Crippen MR) is 31.3 cm³/mol. The minimum atomic E-state index is 1.09. The zero-order valence-corrected chi connectivity index (χ0v) is 5.29. The molecule has 0 fully saturated rings. The van der Waals surface area contributed by atoms with E-state index in [1.54, 1.807) is 10.4 Å². The lowest BCUT2D eigenvalue weighted by molar-refractivity contribution is 1.57. The third-order valence-electron chi connectivity index (χ3n) is 0.172. The van der Waals surface area contributed by atoms with Crippen molar-refractivity contribution < 1.29 is 0 Å². The first kappa shape index (κ1) is 6.06. The van der Waals surface area contributed by atoms with E-state index in [9.17, 15) is 0 Å². The Morgan fingerprint density at radius 1 is 1.83 bits per heavy atom. The van der Waals surface area contributed by atoms with Crippen LogP contribution >= 0.6 is 27.7 Å². The molecule has 0 unspecified atom stereocenters. The van der Waals surface area contributed by atoms with Crippen LogP contribution in [0.3, 0.4) is 0 Å². The van der Waals surface area contributed by atoms with Crippen LogP contribution in [-0.2, 0) is 0 Å². The molecule has 32 valence electrons. The van der Waals surface area contributed by atoms with E-state index in [-0.39, 0.29) is 0 Å². The summed E-state index contributed by atoms with van der Waals surface area (Å²) in [5.41, 5.74) is 0. The smallest absolute Gasteiger partial charge is 0.137 e.